The third-order valence-corrected chi connectivity index (χ3v) is 5.54. The van der Waals surface area contributed by atoms with Crippen LogP contribution in [0.3, 0.4) is 0 Å². The SMILES string of the molecule is CS(=O)(=O)c1ccc([C-]=O)c([C-]=O)c1.N#N.[N-]=[N+]=NS(=O)(=O)c1ccc([C-]=O)c([C-]=O)c1.[Y].[Y]. The maximum absolute atomic E-state index is 11.3. The summed E-state index contributed by atoms with van der Waals surface area (Å²) in [7, 11) is -7.54. The van der Waals surface area contributed by atoms with Crippen molar-refractivity contribution in [1.29, 1.82) is 10.8 Å². The Hall–Kier alpha value is -2.04. The molecule has 0 aliphatic carbocycles. The summed E-state index contributed by atoms with van der Waals surface area (Å²) >= 11 is 0. The van der Waals surface area contributed by atoms with E-state index in [0.29, 0.717) is 0 Å². The molecule has 0 fully saturated rings. The summed E-state index contributed by atoms with van der Waals surface area (Å²) in [5.41, 5.74) is 7.57. The van der Waals surface area contributed by atoms with E-state index in [2.05, 4.69) is 9.43 Å². The van der Waals surface area contributed by atoms with Crippen molar-refractivity contribution in [2.45, 2.75) is 9.79 Å². The number of hydrogen-bond donors (Lipinski definition) is 0. The van der Waals surface area contributed by atoms with Crippen molar-refractivity contribution in [3.05, 3.63) is 69.1 Å². The van der Waals surface area contributed by atoms with Crippen molar-refractivity contribution >= 4 is 45.0 Å². The number of sulfone groups is 1. The predicted molar refractivity (Wildman–Crippen MR) is 105 cm³/mol. The standard InChI is InChI=1S/C9H6O4S.C8H3N3O4S.N2.2Y/c1-14(12,13)9-3-2-7(5-10)8(4-9)6-11;9-10-11-16(14,15)8-2-1-6(4-12)7(3-8)5-13;1-2;;/h2-4H,1H3;1-3H;;;/q2*-2;;;. The van der Waals surface area contributed by atoms with Gasteiger partial charge in [-0.05, 0) is 40.5 Å². The summed E-state index contributed by atoms with van der Waals surface area (Å²) in [4.78, 5) is 43.2. The van der Waals surface area contributed by atoms with Gasteiger partial charge in [-0.2, -0.15) is 12.1 Å². The summed E-state index contributed by atoms with van der Waals surface area (Å²) in [5, 5.41) is 12.0. The van der Waals surface area contributed by atoms with Gasteiger partial charge in [-0.3, -0.25) is 22.3 Å². The van der Waals surface area contributed by atoms with Gasteiger partial charge in [0.15, 0.2) is 9.84 Å². The van der Waals surface area contributed by atoms with Gasteiger partial charge in [0.05, 0.1) is 0 Å². The topological polar surface area (TPSA) is 233 Å². The fourth-order valence-electron chi connectivity index (χ4n) is 1.88. The van der Waals surface area contributed by atoms with Crippen LogP contribution in [0.15, 0.2) is 50.7 Å². The molecule has 2 radical (unpaired) electrons. The van der Waals surface area contributed by atoms with E-state index in [-0.39, 0.29) is 97.5 Å². The van der Waals surface area contributed by atoms with Crippen LogP contribution in [0.1, 0.15) is 22.3 Å². The molecule has 0 atom stereocenters. The molecule has 34 heavy (non-hydrogen) atoms. The second-order valence-electron chi connectivity index (χ2n) is 5.24. The van der Waals surface area contributed by atoms with Crippen molar-refractivity contribution in [1.82, 2.24) is 0 Å². The van der Waals surface area contributed by atoms with Crippen LogP contribution in [-0.4, -0.2) is 48.2 Å². The van der Waals surface area contributed by atoms with Crippen molar-refractivity contribution < 1.29 is 101 Å². The third kappa shape index (κ3) is 10.9. The molecule has 0 saturated carbocycles. The van der Waals surface area contributed by atoms with Crippen LogP contribution >= 0.6 is 0 Å². The number of hydrogen-bond acceptors (Lipinski definition) is 10. The van der Waals surface area contributed by atoms with Gasteiger partial charge in [0.2, 0.25) is 0 Å². The molecule has 172 valence electrons. The van der Waals surface area contributed by atoms with E-state index in [1.807, 2.05) is 0 Å². The van der Waals surface area contributed by atoms with E-state index in [1.54, 1.807) is 0 Å². The van der Waals surface area contributed by atoms with Gasteiger partial charge in [0, 0.05) is 91.9 Å². The van der Waals surface area contributed by atoms with Gasteiger partial charge < -0.3 is 19.2 Å². The van der Waals surface area contributed by atoms with Crippen LogP contribution in [0.25, 0.3) is 10.4 Å². The summed E-state index contributed by atoms with van der Waals surface area (Å²) < 4.78 is 47.2. The number of nitrogens with zero attached hydrogens (tertiary/aromatic N) is 5. The largest absolute Gasteiger partial charge is 0.391 e. The molecular weight excluding hydrogens is 644 g/mol. The number of benzene rings is 2. The molecule has 13 nitrogen and oxygen atoms in total. The van der Waals surface area contributed by atoms with Gasteiger partial charge in [-0.25, -0.2) is 29.0 Å². The van der Waals surface area contributed by atoms with E-state index in [4.69, 9.17) is 16.3 Å². The van der Waals surface area contributed by atoms with Crippen molar-refractivity contribution in [2.24, 2.45) is 4.52 Å². The average Bonchev–Trinajstić information content (AvgIpc) is 2.79. The maximum atomic E-state index is 11.3. The van der Waals surface area contributed by atoms with Gasteiger partial charge in [0.25, 0.3) is 10.0 Å². The first-order valence-electron chi connectivity index (χ1n) is 7.56. The van der Waals surface area contributed by atoms with Gasteiger partial charge in [-0.15, -0.1) is 12.1 Å². The van der Waals surface area contributed by atoms with Crippen LogP contribution in [0, 0.1) is 10.8 Å². The smallest absolute Gasteiger partial charge is 0.250 e. The van der Waals surface area contributed by atoms with Gasteiger partial charge >= 0.3 is 0 Å². The average molecular weight is 653 g/mol. The molecule has 0 unspecified atom stereocenters. The molecule has 0 heterocycles. The van der Waals surface area contributed by atoms with Crippen molar-refractivity contribution in [2.75, 3.05) is 6.26 Å². The summed E-state index contributed by atoms with van der Waals surface area (Å²) in [6, 6.07) is 6.57. The fraction of sp³-hybridized carbons (Fsp3) is 0.0588. The second kappa shape index (κ2) is 17.4. The molecule has 0 amide bonds. The van der Waals surface area contributed by atoms with E-state index in [0.717, 1.165) is 30.5 Å². The molecule has 0 bridgehead atoms. The van der Waals surface area contributed by atoms with Crippen LogP contribution in [-0.2, 0) is 104 Å². The first-order valence-corrected chi connectivity index (χ1v) is 10.9. The molecular formula is C17H9N5O8S2Y2-4. The van der Waals surface area contributed by atoms with Gasteiger partial charge in [-0.1, -0.05) is 0 Å². The Morgan fingerprint density at radius 2 is 1.09 bits per heavy atom. The molecule has 2 rings (SSSR count). The van der Waals surface area contributed by atoms with E-state index in [9.17, 15) is 36.0 Å². The maximum Gasteiger partial charge on any atom is 0.250 e. The van der Waals surface area contributed by atoms with E-state index >= 15 is 0 Å². The molecule has 17 heteroatoms. The van der Waals surface area contributed by atoms with Crippen molar-refractivity contribution in [3.8, 4) is 0 Å². The minimum absolute atomic E-state index is 0. The first kappa shape index (κ1) is 36.5. The molecule has 2 aromatic carbocycles. The monoisotopic (exact) mass is 653 g/mol. The Bertz CT molecular complexity index is 1320. The summed E-state index contributed by atoms with van der Waals surface area (Å²) in [6.45, 7) is 0. The van der Waals surface area contributed by atoms with Crippen LogP contribution in [0.2, 0.25) is 0 Å². The Morgan fingerprint density at radius 1 is 0.735 bits per heavy atom. The second-order valence-corrected chi connectivity index (χ2v) is 8.84. The number of carbonyl (C=O) groups excluding carboxylic acids is 4. The van der Waals surface area contributed by atoms with Crippen LogP contribution in [0.5, 0.6) is 0 Å². The molecule has 0 aliphatic heterocycles. The zero-order valence-electron chi connectivity index (χ0n) is 16.9. The predicted octanol–water partition coefficient (Wildman–Crippen LogP) is 0.632. The molecule has 2 aromatic rings. The quantitative estimate of drug-likeness (QED) is 0.133. The Labute approximate surface area is 244 Å². The van der Waals surface area contributed by atoms with Gasteiger partial charge in [0.1, 0.15) is 0 Å². The molecule has 0 N–H and O–H groups in total. The number of sulfonamides is 1. The minimum Gasteiger partial charge on any atom is -0.391 e. The molecule has 0 saturated heterocycles. The molecule has 0 aromatic heterocycles. The van der Waals surface area contributed by atoms with E-state index < -0.39 is 19.9 Å². The minimum atomic E-state index is -4.17. The first-order chi connectivity index (χ1) is 15.0. The number of rotatable bonds is 7. The summed E-state index contributed by atoms with van der Waals surface area (Å²) in [5.74, 6) is 0. The van der Waals surface area contributed by atoms with E-state index in [1.165, 1.54) is 37.3 Å². The number of azide groups is 1. The third-order valence-electron chi connectivity index (χ3n) is 3.29. The summed E-state index contributed by atoms with van der Waals surface area (Å²) in [6.07, 6.45) is 6.85. The zero-order valence-corrected chi connectivity index (χ0v) is 24.2. The fourth-order valence-corrected chi connectivity index (χ4v) is 3.22. The molecule has 0 aliphatic rings. The molecule has 0 spiro atoms. The van der Waals surface area contributed by atoms with Crippen molar-refractivity contribution in [3.63, 3.8) is 0 Å². The van der Waals surface area contributed by atoms with Crippen LogP contribution < -0.4 is 0 Å². The van der Waals surface area contributed by atoms with Crippen LogP contribution in [0.4, 0.5) is 0 Å². The Balaban J connectivity index is -0.000000502. The Kier molecular flexibility index (Phi) is 18.7. The zero-order chi connectivity index (χ0) is 24.9. The Morgan fingerprint density at radius 3 is 1.41 bits per heavy atom. The normalized spacial score (nSPS) is 9.38.